The van der Waals surface area contributed by atoms with Gasteiger partial charge in [0.1, 0.15) is 5.75 Å². The maximum absolute atomic E-state index is 5.23. The molecule has 4 aromatic carbocycles. The van der Waals surface area contributed by atoms with E-state index in [1.165, 1.54) is 21.9 Å². The number of nitrogens with zero attached hydrogens (tertiary/aromatic N) is 1. The minimum absolute atomic E-state index is 0.869. The molecule has 0 aliphatic rings. The molecule has 0 saturated carbocycles. The minimum Gasteiger partial charge on any atom is -0.497 e. The first-order valence-electron chi connectivity index (χ1n) is 8.71. The fourth-order valence-electron chi connectivity index (χ4n) is 3.20. The van der Waals surface area contributed by atoms with E-state index in [9.17, 15) is 0 Å². The van der Waals surface area contributed by atoms with Crippen LogP contribution in [0.2, 0.25) is 0 Å². The van der Waals surface area contributed by atoms with Crippen molar-refractivity contribution in [2.45, 2.75) is 0 Å². The van der Waals surface area contributed by atoms with Crippen LogP contribution in [0.4, 0.5) is 11.4 Å². The number of ether oxygens (including phenoxy) is 1. The Hall–Kier alpha value is -3.26. The molecule has 0 unspecified atom stereocenters. The molecule has 0 N–H and O–H groups in total. The van der Waals surface area contributed by atoms with Crippen LogP contribution in [0.25, 0.3) is 21.9 Å². The number of anilines is 2. The number of hydrogen-bond acceptors (Lipinski definition) is 2. The van der Waals surface area contributed by atoms with Crippen LogP contribution in [0.1, 0.15) is 0 Å². The minimum atomic E-state index is 0.869. The molecule has 26 heavy (non-hydrogen) atoms. The van der Waals surface area contributed by atoms with Gasteiger partial charge in [0.25, 0.3) is 0 Å². The highest BCUT2D eigenvalue weighted by Crippen LogP contribution is 2.29. The number of fused-ring (bicyclic) bond motifs is 1. The van der Waals surface area contributed by atoms with Crippen molar-refractivity contribution in [2.24, 2.45) is 0 Å². The van der Waals surface area contributed by atoms with Gasteiger partial charge in [-0.3, -0.25) is 0 Å². The Morgan fingerprint density at radius 1 is 0.615 bits per heavy atom. The van der Waals surface area contributed by atoms with Crippen molar-refractivity contribution in [3.8, 4) is 16.9 Å². The van der Waals surface area contributed by atoms with Crippen LogP contribution in [0, 0.1) is 0 Å². The predicted octanol–water partition coefficient (Wildman–Crippen LogP) is 6.28. The largest absolute Gasteiger partial charge is 0.497 e. The van der Waals surface area contributed by atoms with E-state index >= 15 is 0 Å². The zero-order valence-electron chi connectivity index (χ0n) is 15.0. The highest BCUT2D eigenvalue weighted by Gasteiger charge is 2.05. The van der Waals surface area contributed by atoms with Gasteiger partial charge in [0.2, 0.25) is 0 Å². The van der Waals surface area contributed by atoms with Crippen LogP contribution >= 0.6 is 0 Å². The summed E-state index contributed by atoms with van der Waals surface area (Å²) in [5.41, 5.74) is 4.74. The molecule has 4 aromatic rings. The number of benzene rings is 4. The van der Waals surface area contributed by atoms with Crippen LogP contribution in [0.3, 0.4) is 0 Å². The van der Waals surface area contributed by atoms with Gasteiger partial charge >= 0.3 is 0 Å². The normalized spacial score (nSPS) is 10.7. The molecule has 2 nitrogen and oxygen atoms in total. The summed E-state index contributed by atoms with van der Waals surface area (Å²) in [7, 11) is 3.76. The maximum atomic E-state index is 5.23. The van der Waals surface area contributed by atoms with E-state index in [0.29, 0.717) is 0 Å². The Bertz CT molecular complexity index is 1020. The summed E-state index contributed by atoms with van der Waals surface area (Å²) >= 11 is 0. The van der Waals surface area contributed by atoms with E-state index in [0.717, 1.165) is 17.1 Å². The standard InChI is InChI=1S/C24H21NO/c1-25(23-13-15-24(26-2)16-14-23)22-11-9-19(10-12-22)21-8-7-18-5-3-4-6-20(18)17-21/h3-17H,1-2H3. The average molecular weight is 339 g/mol. The van der Waals surface area contributed by atoms with Gasteiger partial charge in [-0.05, 0) is 64.4 Å². The lowest BCUT2D eigenvalue weighted by Gasteiger charge is -2.20. The van der Waals surface area contributed by atoms with Gasteiger partial charge in [-0.2, -0.15) is 0 Å². The van der Waals surface area contributed by atoms with Crippen molar-refractivity contribution in [3.05, 3.63) is 91.0 Å². The van der Waals surface area contributed by atoms with Crippen LogP contribution < -0.4 is 9.64 Å². The van der Waals surface area contributed by atoms with Crippen molar-refractivity contribution >= 4 is 22.1 Å². The lowest BCUT2D eigenvalue weighted by atomic mass is 10.0. The van der Waals surface area contributed by atoms with Gasteiger partial charge in [0, 0.05) is 18.4 Å². The Kier molecular flexibility index (Phi) is 4.32. The molecule has 0 heterocycles. The fraction of sp³-hybridized carbons (Fsp3) is 0.0833. The lowest BCUT2D eigenvalue weighted by Crippen LogP contribution is -2.08. The first kappa shape index (κ1) is 16.2. The second kappa shape index (κ2) is 6.93. The molecule has 0 fully saturated rings. The van der Waals surface area contributed by atoms with E-state index in [-0.39, 0.29) is 0 Å². The van der Waals surface area contributed by atoms with E-state index in [1.807, 2.05) is 12.1 Å². The van der Waals surface area contributed by atoms with Crippen LogP contribution in [0.15, 0.2) is 91.0 Å². The Balaban J connectivity index is 1.60. The van der Waals surface area contributed by atoms with Gasteiger partial charge in [-0.1, -0.05) is 48.5 Å². The Morgan fingerprint density at radius 3 is 1.85 bits per heavy atom. The van der Waals surface area contributed by atoms with Crippen molar-refractivity contribution in [2.75, 3.05) is 19.1 Å². The van der Waals surface area contributed by atoms with Gasteiger partial charge in [-0.15, -0.1) is 0 Å². The Morgan fingerprint density at radius 2 is 1.19 bits per heavy atom. The molecule has 0 spiro atoms. The SMILES string of the molecule is COc1ccc(N(C)c2ccc(-c3ccc4ccccc4c3)cc2)cc1. The molecule has 0 amide bonds. The second-order valence-corrected chi connectivity index (χ2v) is 6.37. The molecule has 2 heteroatoms. The molecule has 0 bridgehead atoms. The summed E-state index contributed by atoms with van der Waals surface area (Å²) in [6.07, 6.45) is 0. The first-order chi connectivity index (χ1) is 12.7. The van der Waals surface area contributed by atoms with Crippen molar-refractivity contribution < 1.29 is 4.74 Å². The van der Waals surface area contributed by atoms with Crippen molar-refractivity contribution in [3.63, 3.8) is 0 Å². The molecule has 0 aliphatic heterocycles. The molecular formula is C24H21NO. The number of hydrogen-bond donors (Lipinski definition) is 0. The van der Waals surface area contributed by atoms with Crippen LogP contribution in [-0.4, -0.2) is 14.2 Å². The molecule has 0 radical (unpaired) electrons. The highest BCUT2D eigenvalue weighted by atomic mass is 16.5. The predicted molar refractivity (Wildman–Crippen MR) is 110 cm³/mol. The zero-order chi connectivity index (χ0) is 17.9. The topological polar surface area (TPSA) is 12.5 Å². The van der Waals surface area contributed by atoms with Gasteiger partial charge in [0.15, 0.2) is 0 Å². The summed E-state index contributed by atoms with van der Waals surface area (Å²) < 4.78 is 5.23. The molecular weight excluding hydrogens is 318 g/mol. The molecule has 0 atom stereocenters. The van der Waals surface area contributed by atoms with Crippen LogP contribution in [-0.2, 0) is 0 Å². The fourth-order valence-corrected chi connectivity index (χ4v) is 3.20. The second-order valence-electron chi connectivity index (χ2n) is 6.37. The summed E-state index contributed by atoms with van der Waals surface area (Å²) in [5.74, 6) is 0.869. The quantitative estimate of drug-likeness (QED) is 0.433. The third kappa shape index (κ3) is 3.14. The first-order valence-corrected chi connectivity index (χ1v) is 8.71. The van der Waals surface area contributed by atoms with Gasteiger partial charge in [0.05, 0.1) is 7.11 Å². The van der Waals surface area contributed by atoms with Gasteiger partial charge in [-0.25, -0.2) is 0 Å². The monoisotopic (exact) mass is 339 g/mol. The average Bonchev–Trinajstić information content (AvgIpc) is 2.73. The van der Waals surface area contributed by atoms with Crippen molar-refractivity contribution in [1.29, 1.82) is 0 Å². The van der Waals surface area contributed by atoms with Gasteiger partial charge < -0.3 is 9.64 Å². The Labute approximate surface area is 154 Å². The lowest BCUT2D eigenvalue weighted by molar-refractivity contribution is 0.415. The number of methoxy groups -OCH3 is 1. The molecule has 0 aliphatic carbocycles. The zero-order valence-corrected chi connectivity index (χ0v) is 15.0. The van der Waals surface area contributed by atoms with Crippen molar-refractivity contribution in [1.82, 2.24) is 0 Å². The molecule has 4 rings (SSSR count). The van der Waals surface area contributed by atoms with E-state index in [2.05, 4.69) is 90.8 Å². The maximum Gasteiger partial charge on any atom is 0.119 e. The highest BCUT2D eigenvalue weighted by molar-refractivity contribution is 5.87. The smallest absolute Gasteiger partial charge is 0.119 e. The molecule has 0 aromatic heterocycles. The third-order valence-electron chi connectivity index (χ3n) is 4.80. The third-order valence-corrected chi connectivity index (χ3v) is 4.80. The molecule has 0 saturated heterocycles. The summed E-state index contributed by atoms with van der Waals surface area (Å²) in [4.78, 5) is 2.17. The summed E-state index contributed by atoms with van der Waals surface area (Å²) in [5, 5.41) is 2.54. The van der Waals surface area contributed by atoms with E-state index < -0.39 is 0 Å². The number of rotatable bonds is 4. The summed E-state index contributed by atoms with van der Waals surface area (Å²) in [6, 6.07) is 31.9. The molecule has 128 valence electrons. The van der Waals surface area contributed by atoms with E-state index in [1.54, 1.807) is 7.11 Å². The van der Waals surface area contributed by atoms with Crippen LogP contribution in [0.5, 0.6) is 5.75 Å². The summed E-state index contributed by atoms with van der Waals surface area (Å²) in [6.45, 7) is 0. The van der Waals surface area contributed by atoms with E-state index in [4.69, 9.17) is 4.74 Å².